The van der Waals surface area contributed by atoms with Crippen LogP contribution in [-0.2, 0) is 11.3 Å². The lowest BCUT2D eigenvalue weighted by atomic mass is 10.0. The Labute approximate surface area is 187 Å². The molecule has 2 aliphatic rings. The SMILES string of the molecule is CCCN1C(=O)/C(=C\c2c(C)c(C#N)c(=O)n(CCC)c2N2CCCCC2)SC1=S. The van der Waals surface area contributed by atoms with Gasteiger partial charge in [0.05, 0.1) is 4.91 Å². The predicted molar refractivity (Wildman–Crippen MR) is 127 cm³/mol. The Morgan fingerprint density at radius 2 is 1.80 bits per heavy atom. The van der Waals surface area contributed by atoms with Gasteiger partial charge in [-0.15, -0.1) is 0 Å². The minimum absolute atomic E-state index is 0.0948. The van der Waals surface area contributed by atoms with Gasteiger partial charge in [0, 0.05) is 31.7 Å². The molecule has 2 saturated heterocycles. The minimum atomic E-state index is -0.242. The van der Waals surface area contributed by atoms with Gasteiger partial charge in [0.25, 0.3) is 11.5 Å². The lowest BCUT2D eigenvalue weighted by Gasteiger charge is -2.33. The molecule has 3 heterocycles. The number of carbonyl (C=O) groups excluding carboxylic acids is 1. The summed E-state index contributed by atoms with van der Waals surface area (Å²) in [6.45, 7) is 8.71. The van der Waals surface area contributed by atoms with Gasteiger partial charge in [-0.3, -0.25) is 19.1 Å². The molecule has 0 N–H and O–H groups in total. The Morgan fingerprint density at radius 3 is 2.40 bits per heavy atom. The highest BCUT2D eigenvalue weighted by atomic mass is 32.2. The van der Waals surface area contributed by atoms with Crippen LogP contribution in [0.5, 0.6) is 0 Å². The van der Waals surface area contributed by atoms with E-state index < -0.39 is 0 Å². The molecule has 2 aliphatic heterocycles. The molecule has 0 saturated carbocycles. The molecule has 0 spiro atoms. The maximum atomic E-state index is 13.1. The summed E-state index contributed by atoms with van der Waals surface area (Å²) in [4.78, 5) is 30.5. The third kappa shape index (κ3) is 4.19. The number of nitriles is 1. The van der Waals surface area contributed by atoms with Crippen LogP contribution in [0.15, 0.2) is 9.70 Å². The number of hydrogen-bond acceptors (Lipinski definition) is 6. The average Bonchev–Trinajstić information content (AvgIpc) is 3.00. The molecule has 0 unspecified atom stereocenters. The Hall–Kier alpha value is -2.11. The highest BCUT2D eigenvalue weighted by Crippen LogP contribution is 2.36. The number of pyridine rings is 1. The number of thiocarbonyl (C=S) groups is 1. The molecule has 0 bridgehead atoms. The molecule has 30 heavy (non-hydrogen) atoms. The molecule has 3 rings (SSSR count). The van der Waals surface area contributed by atoms with E-state index in [-0.39, 0.29) is 17.0 Å². The van der Waals surface area contributed by atoms with Crippen LogP contribution in [0.4, 0.5) is 5.82 Å². The van der Waals surface area contributed by atoms with Crippen molar-refractivity contribution in [3.05, 3.63) is 31.9 Å². The first kappa shape index (κ1) is 22.6. The lowest BCUT2D eigenvalue weighted by Crippen LogP contribution is -2.37. The molecule has 6 nitrogen and oxygen atoms in total. The fourth-order valence-electron chi connectivity index (χ4n) is 4.07. The smallest absolute Gasteiger partial charge is 0.270 e. The van der Waals surface area contributed by atoms with Crippen LogP contribution in [0.1, 0.15) is 62.6 Å². The van der Waals surface area contributed by atoms with Gasteiger partial charge in [0.1, 0.15) is 21.8 Å². The topological polar surface area (TPSA) is 69.3 Å². The number of nitrogens with zero attached hydrogens (tertiary/aromatic N) is 4. The van der Waals surface area contributed by atoms with Crippen LogP contribution in [0.3, 0.4) is 0 Å². The summed E-state index contributed by atoms with van der Waals surface area (Å²) in [5, 5.41) is 9.69. The summed E-state index contributed by atoms with van der Waals surface area (Å²) in [6, 6.07) is 2.10. The van der Waals surface area contributed by atoms with Gasteiger partial charge in [-0.2, -0.15) is 5.26 Å². The second kappa shape index (κ2) is 9.80. The molecule has 0 radical (unpaired) electrons. The van der Waals surface area contributed by atoms with Gasteiger partial charge in [-0.25, -0.2) is 0 Å². The number of carbonyl (C=O) groups is 1. The van der Waals surface area contributed by atoms with E-state index in [0.29, 0.717) is 27.9 Å². The number of piperidine rings is 1. The van der Waals surface area contributed by atoms with Gasteiger partial charge < -0.3 is 4.90 Å². The zero-order valence-electron chi connectivity index (χ0n) is 17.9. The van der Waals surface area contributed by atoms with E-state index in [1.807, 2.05) is 26.8 Å². The van der Waals surface area contributed by atoms with E-state index in [1.54, 1.807) is 9.47 Å². The molecule has 160 valence electrons. The van der Waals surface area contributed by atoms with Crippen LogP contribution < -0.4 is 10.5 Å². The number of anilines is 1. The monoisotopic (exact) mass is 444 g/mol. The maximum absolute atomic E-state index is 13.1. The van der Waals surface area contributed by atoms with Crippen molar-refractivity contribution in [2.24, 2.45) is 0 Å². The highest BCUT2D eigenvalue weighted by Gasteiger charge is 2.32. The summed E-state index contributed by atoms with van der Waals surface area (Å²) in [7, 11) is 0. The third-order valence-corrected chi connectivity index (χ3v) is 6.92. The quantitative estimate of drug-likeness (QED) is 0.487. The van der Waals surface area contributed by atoms with E-state index in [0.717, 1.165) is 50.2 Å². The first-order valence-electron chi connectivity index (χ1n) is 10.6. The second-order valence-electron chi connectivity index (χ2n) is 7.69. The molecule has 1 amide bonds. The van der Waals surface area contributed by atoms with E-state index in [9.17, 15) is 14.9 Å². The van der Waals surface area contributed by atoms with Crippen LogP contribution in [0.2, 0.25) is 0 Å². The van der Waals surface area contributed by atoms with Crippen molar-refractivity contribution in [3.63, 3.8) is 0 Å². The van der Waals surface area contributed by atoms with Gasteiger partial charge >= 0.3 is 0 Å². The molecule has 0 aromatic carbocycles. The standard InChI is InChI=1S/C22H28N4O2S2/c1-4-9-25-19(24-11-7-6-8-12-24)16(15(3)17(14-23)20(25)27)13-18-21(28)26(10-5-2)22(29)30-18/h13H,4-12H2,1-3H3/b18-13+. The number of thioether (sulfide) groups is 1. The van der Waals surface area contributed by atoms with Crippen molar-refractivity contribution >= 4 is 46.1 Å². The van der Waals surface area contributed by atoms with Crippen molar-refractivity contribution in [2.75, 3.05) is 24.5 Å². The van der Waals surface area contributed by atoms with E-state index in [4.69, 9.17) is 12.2 Å². The Bertz CT molecular complexity index is 984. The molecule has 0 atom stereocenters. The van der Waals surface area contributed by atoms with Crippen LogP contribution in [-0.4, -0.2) is 39.3 Å². The molecule has 8 heteroatoms. The molecular formula is C22H28N4O2S2. The van der Waals surface area contributed by atoms with Crippen LogP contribution >= 0.6 is 24.0 Å². The number of hydrogen-bond donors (Lipinski definition) is 0. The van der Waals surface area contributed by atoms with Crippen molar-refractivity contribution in [1.82, 2.24) is 9.47 Å². The van der Waals surface area contributed by atoms with Crippen molar-refractivity contribution in [1.29, 1.82) is 5.26 Å². The van der Waals surface area contributed by atoms with E-state index >= 15 is 0 Å². The zero-order valence-corrected chi connectivity index (χ0v) is 19.5. The maximum Gasteiger partial charge on any atom is 0.270 e. The number of amides is 1. The molecule has 1 aromatic rings. The zero-order chi connectivity index (χ0) is 21.8. The Balaban J connectivity index is 2.23. The molecule has 1 aromatic heterocycles. The molecule has 2 fully saturated rings. The van der Waals surface area contributed by atoms with Crippen molar-refractivity contribution in [2.45, 2.75) is 59.4 Å². The summed E-state index contributed by atoms with van der Waals surface area (Å²) < 4.78 is 2.29. The first-order chi connectivity index (χ1) is 14.4. The summed E-state index contributed by atoms with van der Waals surface area (Å²) in [6.07, 6.45) is 6.77. The normalized spacial score (nSPS) is 18.4. The van der Waals surface area contributed by atoms with E-state index in [2.05, 4.69) is 11.0 Å². The second-order valence-corrected chi connectivity index (χ2v) is 9.36. The Morgan fingerprint density at radius 1 is 1.13 bits per heavy atom. The molecular weight excluding hydrogens is 416 g/mol. The first-order valence-corrected chi connectivity index (χ1v) is 11.8. The van der Waals surface area contributed by atoms with E-state index in [1.165, 1.54) is 18.2 Å². The molecule has 0 aliphatic carbocycles. The van der Waals surface area contributed by atoms with Crippen LogP contribution in [0.25, 0.3) is 6.08 Å². The summed E-state index contributed by atoms with van der Waals surface area (Å²) >= 11 is 6.71. The number of rotatable bonds is 6. The van der Waals surface area contributed by atoms with Crippen LogP contribution in [0, 0.1) is 18.3 Å². The third-order valence-electron chi connectivity index (χ3n) is 5.55. The largest absolute Gasteiger partial charge is 0.357 e. The fourth-order valence-corrected chi connectivity index (χ4v) is 5.36. The minimum Gasteiger partial charge on any atom is -0.357 e. The van der Waals surface area contributed by atoms with Gasteiger partial charge in [0.15, 0.2) is 0 Å². The Kier molecular flexibility index (Phi) is 7.37. The summed E-state index contributed by atoms with van der Waals surface area (Å²) in [5.41, 5.74) is 1.34. The highest BCUT2D eigenvalue weighted by molar-refractivity contribution is 8.26. The van der Waals surface area contributed by atoms with Crippen molar-refractivity contribution in [3.8, 4) is 6.07 Å². The fraction of sp³-hybridized carbons (Fsp3) is 0.545. The average molecular weight is 445 g/mol. The number of aromatic nitrogens is 1. The lowest BCUT2D eigenvalue weighted by molar-refractivity contribution is -0.122. The summed E-state index contributed by atoms with van der Waals surface area (Å²) in [5.74, 6) is 0.737. The predicted octanol–water partition coefficient (Wildman–Crippen LogP) is 4.04. The van der Waals surface area contributed by atoms with Gasteiger partial charge in [0.2, 0.25) is 0 Å². The van der Waals surface area contributed by atoms with Gasteiger partial charge in [-0.1, -0.05) is 37.8 Å². The van der Waals surface area contributed by atoms with Crippen molar-refractivity contribution < 1.29 is 4.79 Å². The van der Waals surface area contributed by atoms with Gasteiger partial charge in [-0.05, 0) is 50.7 Å².